The van der Waals surface area contributed by atoms with Crippen LogP contribution in [0.5, 0.6) is 0 Å². The van der Waals surface area contributed by atoms with Crippen molar-refractivity contribution in [2.24, 2.45) is 0 Å². The summed E-state index contributed by atoms with van der Waals surface area (Å²) in [6.07, 6.45) is 0. The summed E-state index contributed by atoms with van der Waals surface area (Å²) >= 11 is 0. The summed E-state index contributed by atoms with van der Waals surface area (Å²) in [5.41, 5.74) is 1.10. The highest BCUT2D eigenvalue weighted by Crippen LogP contribution is 2.24. The molecule has 2 N–H and O–H groups in total. The molecule has 6 heteroatoms. The van der Waals surface area contributed by atoms with Crippen molar-refractivity contribution < 1.29 is 8.83 Å². The minimum absolute atomic E-state index is 0.0382. The van der Waals surface area contributed by atoms with Crippen LogP contribution in [0.15, 0.2) is 14.9 Å². The normalized spacial score (nSPS) is 14.4. The van der Waals surface area contributed by atoms with Crippen molar-refractivity contribution >= 4 is 6.01 Å². The van der Waals surface area contributed by atoms with Crippen LogP contribution in [0.2, 0.25) is 0 Å². The van der Waals surface area contributed by atoms with Crippen LogP contribution in [0.1, 0.15) is 48.9 Å². The van der Waals surface area contributed by atoms with Crippen LogP contribution in [-0.2, 0) is 0 Å². The van der Waals surface area contributed by atoms with Crippen LogP contribution in [0.3, 0.4) is 0 Å². The highest BCUT2D eigenvalue weighted by molar-refractivity contribution is 5.31. The Labute approximate surface area is 112 Å². The van der Waals surface area contributed by atoms with E-state index in [-0.39, 0.29) is 12.1 Å². The van der Waals surface area contributed by atoms with Gasteiger partial charge in [0, 0.05) is 5.56 Å². The van der Waals surface area contributed by atoms with Crippen LogP contribution in [-0.4, -0.2) is 17.2 Å². The van der Waals surface area contributed by atoms with Crippen molar-refractivity contribution in [3.63, 3.8) is 0 Å². The van der Waals surface area contributed by atoms with E-state index >= 15 is 0 Å². The maximum atomic E-state index is 5.55. The fourth-order valence-electron chi connectivity index (χ4n) is 1.93. The Bertz CT molecular complexity index is 547. The van der Waals surface area contributed by atoms with Crippen LogP contribution >= 0.6 is 0 Å². The first-order chi connectivity index (χ1) is 9.01. The summed E-state index contributed by atoms with van der Waals surface area (Å²) in [6, 6.07) is 2.52. The van der Waals surface area contributed by atoms with Gasteiger partial charge in [0.25, 0.3) is 0 Å². The number of nitrogens with one attached hydrogen (secondary N) is 2. The van der Waals surface area contributed by atoms with Crippen LogP contribution in [0.4, 0.5) is 6.01 Å². The molecule has 0 amide bonds. The molecule has 0 bridgehead atoms. The first-order valence-electron chi connectivity index (χ1n) is 6.35. The second-order valence-electron chi connectivity index (χ2n) is 4.69. The lowest BCUT2D eigenvalue weighted by Crippen LogP contribution is -2.12. The molecule has 6 nitrogen and oxygen atoms in total. The van der Waals surface area contributed by atoms with Crippen molar-refractivity contribution in [2.45, 2.75) is 39.8 Å². The van der Waals surface area contributed by atoms with E-state index in [1.807, 2.05) is 40.8 Å². The van der Waals surface area contributed by atoms with E-state index in [9.17, 15) is 0 Å². The molecule has 2 heterocycles. The van der Waals surface area contributed by atoms with Crippen molar-refractivity contribution in [3.8, 4) is 0 Å². The fraction of sp³-hybridized carbons (Fsp3) is 0.538. The van der Waals surface area contributed by atoms with Gasteiger partial charge in [-0.2, -0.15) is 0 Å². The molecular formula is C13H20N4O2. The number of hydrogen-bond donors (Lipinski definition) is 2. The first-order valence-corrected chi connectivity index (χ1v) is 6.35. The summed E-state index contributed by atoms with van der Waals surface area (Å²) in [5, 5.41) is 14.2. The molecular weight excluding hydrogens is 244 g/mol. The second kappa shape index (κ2) is 5.44. The van der Waals surface area contributed by atoms with Gasteiger partial charge in [0.05, 0.1) is 12.1 Å². The Kier molecular flexibility index (Phi) is 3.90. The number of furan rings is 1. The average Bonchev–Trinajstić information content (AvgIpc) is 2.95. The lowest BCUT2D eigenvalue weighted by atomic mass is 10.1. The van der Waals surface area contributed by atoms with Crippen LogP contribution in [0, 0.1) is 13.8 Å². The number of anilines is 1. The third-order valence-corrected chi connectivity index (χ3v) is 3.13. The van der Waals surface area contributed by atoms with Crippen molar-refractivity contribution in [3.05, 3.63) is 29.0 Å². The molecule has 2 aromatic heterocycles. The number of aromatic nitrogens is 2. The molecule has 2 atom stereocenters. The highest BCUT2D eigenvalue weighted by atomic mass is 16.4. The SMILES string of the molecule is CNC(C)c1nnc(NC(C)c2cc(C)oc2C)o1. The third kappa shape index (κ3) is 2.96. The zero-order valence-corrected chi connectivity index (χ0v) is 11.9. The first kappa shape index (κ1) is 13.6. The average molecular weight is 264 g/mol. The Morgan fingerprint density at radius 2 is 1.84 bits per heavy atom. The van der Waals surface area contributed by atoms with E-state index in [0.29, 0.717) is 11.9 Å². The molecule has 2 rings (SSSR count). The summed E-state index contributed by atoms with van der Waals surface area (Å²) < 4.78 is 11.1. The van der Waals surface area contributed by atoms with Gasteiger partial charge in [-0.05, 0) is 40.8 Å². The molecule has 0 aliphatic rings. The molecule has 19 heavy (non-hydrogen) atoms. The number of nitrogens with zero attached hydrogens (tertiary/aromatic N) is 2. The predicted molar refractivity (Wildman–Crippen MR) is 72.0 cm³/mol. The molecule has 2 aromatic rings. The zero-order chi connectivity index (χ0) is 14.0. The number of hydrogen-bond acceptors (Lipinski definition) is 6. The second-order valence-corrected chi connectivity index (χ2v) is 4.69. The molecule has 0 radical (unpaired) electrons. The van der Waals surface area contributed by atoms with Crippen molar-refractivity contribution in [1.82, 2.24) is 15.5 Å². The fourth-order valence-corrected chi connectivity index (χ4v) is 1.93. The minimum atomic E-state index is 0.0382. The third-order valence-electron chi connectivity index (χ3n) is 3.13. The minimum Gasteiger partial charge on any atom is -0.466 e. The lowest BCUT2D eigenvalue weighted by molar-refractivity contribution is 0.439. The molecule has 0 aliphatic heterocycles. The van der Waals surface area contributed by atoms with Gasteiger partial charge in [0.2, 0.25) is 5.89 Å². The van der Waals surface area contributed by atoms with E-state index < -0.39 is 0 Å². The maximum absolute atomic E-state index is 5.55. The monoisotopic (exact) mass is 264 g/mol. The zero-order valence-electron chi connectivity index (χ0n) is 11.9. The van der Waals surface area contributed by atoms with E-state index in [2.05, 4.69) is 20.8 Å². The van der Waals surface area contributed by atoms with Gasteiger partial charge in [-0.25, -0.2) is 0 Å². The summed E-state index contributed by atoms with van der Waals surface area (Å²) in [5.74, 6) is 2.37. The van der Waals surface area contributed by atoms with Gasteiger partial charge >= 0.3 is 6.01 Å². The highest BCUT2D eigenvalue weighted by Gasteiger charge is 2.17. The van der Waals surface area contributed by atoms with Crippen LogP contribution in [0.25, 0.3) is 0 Å². The molecule has 0 saturated carbocycles. The number of rotatable bonds is 5. The molecule has 2 unspecified atom stereocenters. The van der Waals surface area contributed by atoms with Gasteiger partial charge in [-0.3, -0.25) is 0 Å². The van der Waals surface area contributed by atoms with Gasteiger partial charge < -0.3 is 19.5 Å². The molecule has 0 spiro atoms. The molecule has 0 aromatic carbocycles. The van der Waals surface area contributed by atoms with E-state index in [1.54, 1.807) is 0 Å². The Hall–Kier alpha value is -1.82. The molecule has 104 valence electrons. The van der Waals surface area contributed by atoms with Gasteiger partial charge in [-0.1, -0.05) is 5.10 Å². The van der Waals surface area contributed by atoms with E-state index in [4.69, 9.17) is 8.83 Å². The summed E-state index contributed by atoms with van der Waals surface area (Å²) in [7, 11) is 1.85. The molecule has 0 aliphatic carbocycles. The van der Waals surface area contributed by atoms with Crippen molar-refractivity contribution in [2.75, 3.05) is 12.4 Å². The van der Waals surface area contributed by atoms with Gasteiger partial charge in [0.15, 0.2) is 0 Å². The summed E-state index contributed by atoms with van der Waals surface area (Å²) in [4.78, 5) is 0. The standard InChI is InChI=1S/C13H20N4O2/c1-7-6-11(10(4)18-7)8(2)15-13-17-16-12(19-13)9(3)14-5/h6,8-9,14H,1-5H3,(H,15,17). The summed E-state index contributed by atoms with van der Waals surface area (Å²) in [6.45, 7) is 7.87. The van der Waals surface area contributed by atoms with Crippen molar-refractivity contribution in [1.29, 1.82) is 0 Å². The molecule has 0 saturated heterocycles. The van der Waals surface area contributed by atoms with Gasteiger partial charge in [-0.15, -0.1) is 5.10 Å². The van der Waals surface area contributed by atoms with Gasteiger partial charge in [0.1, 0.15) is 11.5 Å². The Morgan fingerprint density at radius 3 is 2.42 bits per heavy atom. The Morgan fingerprint density at radius 1 is 1.11 bits per heavy atom. The van der Waals surface area contributed by atoms with E-state index in [1.165, 1.54) is 0 Å². The molecule has 0 fully saturated rings. The smallest absolute Gasteiger partial charge is 0.316 e. The topological polar surface area (TPSA) is 76.1 Å². The Balaban J connectivity index is 2.08. The van der Waals surface area contributed by atoms with E-state index in [0.717, 1.165) is 17.1 Å². The maximum Gasteiger partial charge on any atom is 0.316 e. The predicted octanol–water partition coefficient (Wildman–Crippen LogP) is 2.73. The lowest BCUT2D eigenvalue weighted by Gasteiger charge is -2.10. The number of aryl methyl sites for hydroxylation is 2. The van der Waals surface area contributed by atoms with Crippen LogP contribution < -0.4 is 10.6 Å². The quantitative estimate of drug-likeness (QED) is 0.864. The largest absolute Gasteiger partial charge is 0.466 e.